The second-order valence-corrected chi connectivity index (χ2v) is 5.22. The minimum absolute atomic E-state index is 0.0740. The van der Waals surface area contributed by atoms with Crippen LogP contribution in [0.15, 0.2) is 12.1 Å². The van der Waals surface area contributed by atoms with E-state index in [9.17, 15) is 4.79 Å². The van der Waals surface area contributed by atoms with Crippen molar-refractivity contribution in [1.29, 1.82) is 0 Å². The van der Waals surface area contributed by atoms with Gasteiger partial charge in [0.2, 0.25) is 0 Å². The number of rotatable bonds is 4. The monoisotopic (exact) mass is 233 g/mol. The maximum absolute atomic E-state index is 12.5. The van der Waals surface area contributed by atoms with E-state index in [0.717, 1.165) is 16.7 Å². The first-order chi connectivity index (χ1) is 7.88. The molecule has 0 aliphatic rings. The van der Waals surface area contributed by atoms with E-state index in [1.807, 2.05) is 27.7 Å². The molecule has 1 atom stereocenters. The predicted molar refractivity (Wildman–Crippen MR) is 72.4 cm³/mol. The van der Waals surface area contributed by atoms with Gasteiger partial charge in [-0.3, -0.25) is 4.79 Å². The molecule has 0 radical (unpaired) electrons. The summed E-state index contributed by atoms with van der Waals surface area (Å²) in [4.78, 5) is 12.5. The van der Waals surface area contributed by atoms with Crippen molar-refractivity contribution in [2.75, 3.05) is 6.54 Å². The Morgan fingerprint density at radius 2 is 1.65 bits per heavy atom. The lowest BCUT2D eigenvalue weighted by Gasteiger charge is -2.20. The summed E-state index contributed by atoms with van der Waals surface area (Å²) in [5.41, 5.74) is 9.90. The Bertz CT molecular complexity index is 398. The number of aryl methyl sites for hydroxylation is 3. The number of hydrogen-bond donors (Lipinski definition) is 1. The SMILES string of the molecule is Cc1cc(C)c(C(=O)C(CN)C(C)C)c(C)c1. The number of carbonyl (C=O) groups excluding carboxylic acids is 1. The lowest BCUT2D eigenvalue weighted by atomic mass is 9.84. The van der Waals surface area contributed by atoms with Gasteiger partial charge in [0.05, 0.1) is 0 Å². The van der Waals surface area contributed by atoms with Gasteiger partial charge in [-0.25, -0.2) is 0 Å². The van der Waals surface area contributed by atoms with Gasteiger partial charge in [0.15, 0.2) is 5.78 Å². The molecule has 0 fully saturated rings. The lowest BCUT2D eigenvalue weighted by Crippen LogP contribution is -2.29. The molecule has 1 aromatic carbocycles. The highest BCUT2D eigenvalue weighted by atomic mass is 16.1. The number of nitrogens with two attached hydrogens (primary N) is 1. The summed E-state index contributed by atoms with van der Waals surface area (Å²) in [5.74, 6) is 0.403. The molecular weight excluding hydrogens is 210 g/mol. The summed E-state index contributed by atoms with van der Waals surface area (Å²) >= 11 is 0. The normalized spacial score (nSPS) is 12.9. The fraction of sp³-hybridized carbons (Fsp3) is 0.533. The highest BCUT2D eigenvalue weighted by Crippen LogP contribution is 2.23. The molecule has 2 N–H and O–H groups in total. The van der Waals surface area contributed by atoms with Crippen molar-refractivity contribution >= 4 is 5.78 Å². The smallest absolute Gasteiger partial charge is 0.167 e. The second kappa shape index (κ2) is 5.46. The van der Waals surface area contributed by atoms with Gasteiger partial charge in [-0.15, -0.1) is 0 Å². The molecule has 0 heterocycles. The molecule has 0 aliphatic carbocycles. The first kappa shape index (κ1) is 13.9. The molecule has 0 saturated heterocycles. The van der Waals surface area contributed by atoms with Gasteiger partial charge in [0.1, 0.15) is 0 Å². The summed E-state index contributed by atoms with van der Waals surface area (Å²) in [6, 6.07) is 4.13. The maximum atomic E-state index is 12.5. The van der Waals surface area contributed by atoms with E-state index in [0.29, 0.717) is 6.54 Å². The number of ketones is 1. The summed E-state index contributed by atoms with van der Waals surface area (Å²) in [6.07, 6.45) is 0. The molecule has 1 rings (SSSR count). The lowest BCUT2D eigenvalue weighted by molar-refractivity contribution is 0.0891. The van der Waals surface area contributed by atoms with Crippen LogP contribution < -0.4 is 5.73 Å². The molecule has 0 aliphatic heterocycles. The molecule has 17 heavy (non-hydrogen) atoms. The van der Waals surface area contributed by atoms with E-state index in [2.05, 4.69) is 19.1 Å². The van der Waals surface area contributed by atoms with Crippen molar-refractivity contribution in [2.45, 2.75) is 34.6 Å². The van der Waals surface area contributed by atoms with Crippen LogP contribution in [-0.2, 0) is 0 Å². The van der Waals surface area contributed by atoms with Crippen LogP contribution in [0.2, 0.25) is 0 Å². The van der Waals surface area contributed by atoms with Crippen LogP contribution in [0.3, 0.4) is 0 Å². The summed E-state index contributed by atoms with van der Waals surface area (Å²) in [7, 11) is 0. The fourth-order valence-electron chi connectivity index (χ4n) is 2.44. The van der Waals surface area contributed by atoms with Crippen molar-refractivity contribution < 1.29 is 4.79 Å². The van der Waals surface area contributed by atoms with Gasteiger partial charge >= 0.3 is 0 Å². The van der Waals surface area contributed by atoms with Crippen molar-refractivity contribution in [3.63, 3.8) is 0 Å². The minimum atomic E-state index is -0.0740. The van der Waals surface area contributed by atoms with Crippen molar-refractivity contribution in [3.8, 4) is 0 Å². The summed E-state index contributed by atoms with van der Waals surface area (Å²) in [5, 5.41) is 0. The average molecular weight is 233 g/mol. The molecule has 2 nitrogen and oxygen atoms in total. The van der Waals surface area contributed by atoms with Crippen molar-refractivity contribution in [3.05, 3.63) is 34.4 Å². The van der Waals surface area contributed by atoms with E-state index in [1.54, 1.807) is 0 Å². The third kappa shape index (κ3) is 2.95. The number of benzene rings is 1. The van der Waals surface area contributed by atoms with Crippen molar-refractivity contribution in [1.82, 2.24) is 0 Å². The molecule has 0 saturated carbocycles. The van der Waals surface area contributed by atoms with E-state index in [-0.39, 0.29) is 17.6 Å². The van der Waals surface area contributed by atoms with Crippen LogP contribution in [-0.4, -0.2) is 12.3 Å². The van der Waals surface area contributed by atoms with Gasteiger partial charge in [-0.05, 0) is 37.8 Å². The molecule has 0 spiro atoms. The number of Topliss-reactive ketones (excluding diaryl/α,β-unsaturated/α-hetero) is 1. The third-order valence-corrected chi connectivity index (χ3v) is 3.32. The minimum Gasteiger partial charge on any atom is -0.330 e. The molecule has 0 aromatic heterocycles. The van der Waals surface area contributed by atoms with Crippen LogP contribution in [0.25, 0.3) is 0 Å². The van der Waals surface area contributed by atoms with Crippen LogP contribution in [0.1, 0.15) is 40.9 Å². The molecule has 2 heteroatoms. The van der Waals surface area contributed by atoms with Crippen LogP contribution in [0.4, 0.5) is 0 Å². The topological polar surface area (TPSA) is 43.1 Å². The molecule has 0 amide bonds. The second-order valence-electron chi connectivity index (χ2n) is 5.22. The molecule has 0 bridgehead atoms. The highest BCUT2D eigenvalue weighted by Gasteiger charge is 2.24. The van der Waals surface area contributed by atoms with Crippen LogP contribution in [0, 0.1) is 32.6 Å². The van der Waals surface area contributed by atoms with E-state index >= 15 is 0 Å². The molecular formula is C15H23NO. The molecule has 94 valence electrons. The first-order valence-electron chi connectivity index (χ1n) is 6.20. The Morgan fingerprint density at radius 3 is 2.00 bits per heavy atom. The number of carbonyl (C=O) groups is 1. The first-order valence-corrected chi connectivity index (χ1v) is 6.20. The maximum Gasteiger partial charge on any atom is 0.167 e. The number of hydrogen-bond acceptors (Lipinski definition) is 2. The fourth-order valence-corrected chi connectivity index (χ4v) is 2.44. The molecule has 1 aromatic rings. The molecule has 1 unspecified atom stereocenters. The summed E-state index contributed by atoms with van der Waals surface area (Å²) < 4.78 is 0. The largest absolute Gasteiger partial charge is 0.330 e. The van der Waals surface area contributed by atoms with Gasteiger partial charge < -0.3 is 5.73 Å². The Hall–Kier alpha value is -1.15. The Morgan fingerprint density at radius 1 is 1.18 bits per heavy atom. The van der Waals surface area contributed by atoms with E-state index in [1.165, 1.54) is 5.56 Å². The zero-order chi connectivity index (χ0) is 13.2. The highest BCUT2D eigenvalue weighted by molar-refractivity contribution is 6.00. The van der Waals surface area contributed by atoms with Gasteiger partial charge in [0.25, 0.3) is 0 Å². The Labute approximate surface area is 104 Å². The predicted octanol–water partition coefficient (Wildman–Crippen LogP) is 3.03. The standard InChI is InChI=1S/C15H23NO/c1-9(2)13(8-16)15(17)14-11(4)6-10(3)7-12(14)5/h6-7,9,13H,8,16H2,1-5H3. The van der Waals surface area contributed by atoms with Gasteiger partial charge in [-0.1, -0.05) is 31.5 Å². The van der Waals surface area contributed by atoms with E-state index < -0.39 is 0 Å². The summed E-state index contributed by atoms with van der Waals surface area (Å²) in [6.45, 7) is 10.6. The Balaban J connectivity index is 3.20. The van der Waals surface area contributed by atoms with Gasteiger partial charge in [-0.2, -0.15) is 0 Å². The van der Waals surface area contributed by atoms with Crippen LogP contribution in [0.5, 0.6) is 0 Å². The van der Waals surface area contributed by atoms with Crippen LogP contribution >= 0.6 is 0 Å². The Kier molecular flexibility index (Phi) is 4.47. The van der Waals surface area contributed by atoms with Crippen molar-refractivity contribution in [2.24, 2.45) is 17.6 Å². The van der Waals surface area contributed by atoms with Gasteiger partial charge in [0, 0.05) is 18.0 Å². The third-order valence-electron chi connectivity index (χ3n) is 3.32. The zero-order valence-corrected chi connectivity index (χ0v) is 11.5. The van der Waals surface area contributed by atoms with E-state index in [4.69, 9.17) is 5.73 Å². The quantitative estimate of drug-likeness (QED) is 0.812. The zero-order valence-electron chi connectivity index (χ0n) is 11.5. The average Bonchev–Trinajstić information content (AvgIpc) is 2.15.